The van der Waals surface area contributed by atoms with Crippen molar-refractivity contribution in [2.45, 2.75) is 25.4 Å². The molecule has 0 aliphatic heterocycles. The fraction of sp³-hybridized carbons (Fsp3) is 0.889. The summed E-state index contributed by atoms with van der Waals surface area (Å²) in [6.45, 7) is 2.24. The number of aliphatic hydroxyl groups excluding tert-OH is 1. The Balaban J connectivity index is 3.94. The minimum absolute atomic E-state index is 0.0286. The van der Waals surface area contributed by atoms with Crippen LogP contribution in [0.3, 0.4) is 0 Å². The van der Waals surface area contributed by atoms with E-state index in [1.165, 1.54) is 7.11 Å². The summed E-state index contributed by atoms with van der Waals surface area (Å²) >= 11 is 0. The zero-order valence-electron chi connectivity index (χ0n) is 8.95. The Labute approximate surface area is 84.4 Å². The Hall–Kier alpha value is -0.650. The van der Waals surface area contributed by atoms with Gasteiger partial charge in [0.05, 0.1) is 13.7 Å². The molecule has 84 valence electrons. The van der Waals surface area contributed by atoms with E-state index in [-0.39, 0.29) is 24.7 Å². The van der Waals surface area contributed by atoms with Gasteiger partial charge in [0.25, 0.3) is 0 Å². The average Bonchev–Trinajstić information content (AvgIpc) is 2.17. The van der Waals surface area contributed by atoms with Gasteiger partial charge in [-0.2, -0.15) is 0 Å². The van der Waals surface area contributed by atoms with Crippen molar-refractivity contribution in [1.82, 2.24) is 5.32 Å². The van der Waals surface area contributed by atoms with Gasteiger partial charge in [-0.1, -0.05) is 0 Å². The van der Waals surface area contributed by atoms with Crippen molar-refractivity contribution in [3.05, 3.63) is 0 Å². The van der Waals surface area contributed by atoms with E-state index in [2.05, 4.69) is 10.1 Å². The van der Waals surface area contributed by atoms with Crippen molar-refractivity contribution >= 4 is 5.97 Å². The van der Waals surface area contributed by atoms with E-state index in [1.807, 2.05) is 0 Å². The Morgan fingerprint density at radius 2 is 2.14 bits per heavy atom. The van der Waals surface area contributed by atoms with E-state index in [9.17, 15) is 4.79 Å². The van der Waals surface area contributed by atoms with Crippen LogP contribution in [0, 0.1) is 0 Å². The van der Waals surface area contributed by atoms with Crippen molar-refractivity contribution in [3.63, 3.8) is 0 Å². The molecule has 14 heavy (non-hydrogen) atoms. The molecule has 0 rings (SSSR count). The summed E-state index contributed by atoms with van der Waals surface area (Å²) in [6, 6.07) is -0.411. The molecule has 0 fully saturated rings. The van der Waals surface area contributed by atoms with Gasteiger partial charge in [-0.05, 0) is 13.3 Å². The number of rotatable bonds is 7. The molecule has 0 heterocycles. The number of esters is 1. The first kappa shape index (κ1) is 13.4. The second-order valence-electron chi connectivity index (χ2n) is 3.08. The van der Waals surface area contributed by atoms with E-state index in [4.69, 9.17) is 9.84 Å². The Morgan fingerprint density at radius 1 is 1.50 bits per heavy atom. The van der Waals surface area contributed by atoms with Crippen molar-refractivity contribution in [3.8, 4) is 0 Å². The SMILES string of the molecule is COCC(CCO)NC(C)C(=O)OC. The first-order chi connectivity index (χ1) is 6.65. The first-order valence-corrected chi connectivity index (χ1v) is 4.59. The van der Waals surface area contributed by atoms with E-state index in [0.717, 1.165) is 0 Å². The van der Waals surface area contributed by atoms with E-state index in [1.54, 1.807) is 14.0 Å². The van der Waals surface area contributed by atoms with Gasteiger partial charge >= 0.3 is 5.97 Å². The average molecular weight is 205 g/mol. The summed E-state index contributed by atoms with van der Waals surface area (Å²) in [7, 11) is 2.92. The van der Waals surface area contributed by atoms with Crippen LogP contribution in [0.1, 0.15) is 13.3 Å². The van der Waals surface area contributed by atoms with Crippen LogP contribution in [0.2, 0.25) is 0 Å². The lowest BCUT2D eigenvalue weighted by Gasteiger charge is -2.20. The summed E-state index contributed by atoms with van der Waals surface area (Å²) in [5.74, 6) is -0.316. The van der Waals surface area contributed by atoms with Gasteiger partial charge in [0.1, 0.15) is 6.04 Å². The molecule has 0 aliphatic rings. The fourth-order valence-electron chi connectivity index (χ4n) is 1.17. The van der Waals surface area contributed by atoms with Crippen LogP contribution < -0.4 is 5.32 Å². The quantitative estimate of drug-likeness (QED) is 0.550. The van der Waals surface area contributed by atoms with Crippen LogP contribution in [0.25, 0.3) is 0 Å². The van der Waals surface area contributed by atoms with E-state index < -0.39 is 0 Å². The molecule has 0 saturated heterocycles. The molecule has 0 spiro atoms. The maximum atomic E-state index is 11.1. The van der Waals surface area contributed by atoms with Crippen molar-refractivity contribution in [1.29, 1.82) is 0 Å². The third-order valence-electron chi connectivity index (χ3n) is 1.89. The van der Waals surface area contributed by atoms with Crippen LogP contribution in [-0.4, -0.2) is 50.6 Å². The second-order valence-corrected chi connectivity index (χ2v) is 3.08. The molecule has 5 heteroatoms. The lowest BCUT2D eigenvalue weighted by Crippen LogP contribution is -2.44. The van der Waals surface area contributed by atoms with Crippen LogP contribution in [0.15, 0.2) is 0 Å². The van der Waals surface area contributed by atoms with Gasteiger partial charge in [0.15, 0.2) is 0 Å². The lowest BCUT2D eigenvalue weighted by atomic mass is 10.2. The van der Waals surface area contributed by atoms with Gasteiger partial charge in [-0.15, -0.1) is 0 Å². The minimum atomic E-state index is -0.383. The highest BCUT2D eigenvalue weighted by atomic mass is 16.5. The third kappa shape index (κ3) is 5.16. The zero-order chi connectivity index (χ0) is 11.0. The van der Waals surface area contributed by atoms with E-state index >= 15 is 0 Å². The summed E-state index contributed by atoms with van der Waals surface area (Å²) in [6.07, 6.45) is 0.551. The van der Waals surface area contributed by atoms with Crippen molar-refractivity contribution < 1.29 is 19.4 Å². The molecule has 0 bridgehead atoms. The van der Waals surface area contributed by atoms with Gasteiger partial charge in [-0.3, -0.25) is 10.1 Å². The Kier molecular flexibility index (Phi) is 7.37. The number of hydrogen-bond acceptors (Lipinski definition) is 5. The number of aliphatic hydroxyl groups is 1. The van der Waals surface area contributed by atoms with Crippen molar-refractivity contribution in [2.24, 2.45) is 0 Å². The number of nitrogens with one attached hydrogen (secondary N) is 1. The molecule has 0 aromatic rings. The number of ether oxygens (including phenoxy) is 2. The third-order valence-corrected chi connectivity index (χ3v) is 1.89. The predicted octanol–water partition coefficient (Wildman–Crippen LogP) is -0.465. The highest BCUT2D eigenvalue weighted by Gasteiger charge is 2.17. The molecule has 0 radical (unpaired) electrons. The van der Waals surface area contributed by atoms with Gasteiger partial charge in [-0.25, -0.2) is 0 Å². The van der Waals surface area contributed by atoms with Crippen LogP contribution in [0.5, 0.6) is 0 Å². The molecule has 0 aliphatic carbocycles. The minimum Gasteiger partial charge on any atom is -0.468 e. The molecule has 0 amide bonds. The molecular weight excluding hydrogens is 186 g/mol. The van der Waals surface area contributed by atoms with Crippen LogP contribution >= 0.6 is 0 Å². The summed E-state index contributed by atoms with van der Waals surface area (Å²) in [5, 5.41) is 11.8. The standard InChI is InChI=1S/C9H19NO4/c1-7(9(12)14-3)10-8(4-5-11)6-13-2/h7-8,10-11H,4-6H2,1-3H3. The molecule has 2 unspecified atom stereocenters. The molecule has 2 atom stereocenters. The fourth-order valence-corrected chi connectivity index (χ4v) is 1.17. The number of carbonyl (C=O) groups excluding carboxylic acids is 1. The van der Waals surface area contributed by atoms with Gasteiger partial charge in [0, 0.05) is 19.8 Å². The smallest absolute Gasteiger partial charge is 0.322 e. The molecule has 0 aromatic carbocycles. The van der Waals surface area contributed by atoms with Crippen molar-refractivity contribution in [2.75, 3.05) is 27.4 Å². The molecule has 5 nitrogen and oxygen atoms in total. The maximum absolute atomic E-state index is 11.1. The molecule has 0 aromatic heterocycles. The summed E-state index contributed by atoms with van der Waals surface area (Å²) in [4.78, 5) is 11.1. The van der Waals surface area contributed by atoms with E-state index in [0.29, 0.717) is 13.0 Å². The Morgan fingerprint density at radius 3 is 2.57 bits per heavy atom. The van der Waals surface area contributed by atoms with Crippen LogP contribution in [-0.2, 0) is 14.3 Å². The highest BCUT2D eigenvalue weighted by molar-refractivity contribution is 5.75. The summed E-state index contributed by atoms with van der Waals surface area (Å²) in [5.41, 5.74) is 0. The molecule has 0 saturated carbocycles. The van der Waals surface area contributed by atoms with Gasteiger partial charge < -0.3 is 14.6 Å². The molecular formula is C9H19NO4. The summed E-state index contributed by atoms with van der Waals surface area (Å²) < 4.78 is 9.51. The molecule has 2 N–H and O–H groups in total. The highest BCUT2D eigenvalue weighted by Crippen LogP contribution is 1.96. The topological polar surface area (TPSA) is 67.8 Å². The maximum Gasteiger partial charge on any atom is 0.322 e. The first-order valence-electron chi connectivity index (χ1n) is 4.59. The second kappa shape index (κ2) is 7.73. The Bertz CT molecular complexity index is 157. The monoisotopic (exact) mass is 205 g/mol. The largest absolute Gasteiger partial charge is 0.468 e. The van der Waals surface area contributed by atoms with Gasteiger partial charge in [0.2, 0.25) is 0 Å². The predicted molar refractivity (Wildman–Crippen MR) is 52.0 cm³/mol. The lowest BCUT2D eigenvalue weighted by molar-refractivity contribution is -0.143. The number of hydrogen-bond donors (Lipinski definition) is 2. The number of methoxy groups -OCH3 is 2. The van der Waals surface area contributed by atoms with Crippen LogP contribution in [0.4, 0.5) is 0 Å². The normalized spacial score (nSPS) is 14.9. The zero-order valence-corrected chi connectivity index (χ0v) is 8.95. The number of carbonyl (C=O) groups is 1.